The standard InChI is InChI=1S/C53H89NO18/c1-3-5-7-9-11-13-15-16-17-18-19-20-21-23-25-27-29-31-41(59)54-36(37(58)30-28-26-24-22-14-12-10-8-6-4-2)35-67-51-47(65)44(62)49(39(33-56)69-51)72-53-48(66)45(63)50(40(34-57)70-53)71-52-46(64)43(61)42(60)38(32-55)68-52/h5,7,11,13,16-17,19-20,23,25,28,30,36-40,42-53,55-58,60-66H,3-4,6,8-10,12,14-15,18,21-22,24,26-27,29,31-35H2,1-2H3,(H,54,59)/b7-5-,13-11-,17-16-,20-19-,25-23-,30-28+. The maximum absolute atomic E-state index is 13.2. The largest absolute Gasteiger partial charge is 0.394 e. The number of carbonyl (C=O) groups excluding carboxylic acids is 1. The number of aliphatic hydroxyl groups is 11. The van der Waals surface area contributed by atoms with Gasteiger partial charge in [0.05, 0.1) is 38.6 Å². The summed E-state index contributed by atoms with van der Waals surface area (Å²) in [7, 11) is 0. The van der Waals surface area contributed by atoms with Crippen LogP contribution in [0.3, 0.4) is 0 Å². The van der Waals surface area contributed by atoms with Crippen LogP contribution in [0.25, 0.3) is 0 Å². The van der Waals surface area contributed by atoms with Crippen molar-refractivity contribution in [1.82, 2.24) is 5.32 Å². The average Bonchev–Trinajstić information content (AvgIpc) is 3.37. The lowest BCUT2D eigenvalue weighted by molar-refractivity contribution is -0.379. The third-order valence-electron chi connectivity index (χ3n) is 12.8. The molecule has 0 aliphatic carbocycles. The second kappa shape index (κ2) is 37.1. The summed E-state index contributed by atoms with van der Waals surface area (Å²) in [5, 5.41) is 119. The van der Waals surface area contributed by atoms with Gasteiger partial charge in [-0.2, -0.15) is 0 Å². The topological polar surface area (TPSA) is 307 Å². The van der Waals surface area contributed by atoms with Crippen LogP contribution in [-0.4, -0.2) is 193 Å². The van der Waals surface area contributed by atoms with E-state index in [0.29, 0.717) is 12.8 Å². The number of unbranched alkanes of at least 4 members (excludes halogenated alkanes) is 9. The molecular weight excluding hydrogens is 939 g/mol. The van der Waals surface area contributed by atoms with Crippen LogP contribution in [0.1, 0.15) is 123 Å². The van der Waals surface area contributed by atoms with Gasteiger partial charge in [0.25, 0.3) is 0 Å². The monoisotopic (exact) mass is 1030 g/mol. The maximum Gasteiger partial charge on any atom is 0.220 e. The van der Waals surface area contributed by atoms with Gasteiger partial charge in [-0.15, -0.1) is 0 Å². The summed E-state index contributed by atoms with van der Waals surface area (Å²) >= 11 is 0. The summed E-state index contributed by atoms with van der Waals surface area (Å²) in [6.07, 6.45) is 13.5. The van der Waals surface area contributed by atoms with Crippen LogP contribution < -0.4 is 5.32 Å². The molecule has 3 aliphatic heterocycles. The molecule has 0 saturated carbocycles. The minimum atomic E-state index is -1.98. The molecule has 19 heteroatoms. The van der Waals surface area contributed by atoms with Crippen molar-refractivity contribution in [2.45, 2.75) is 227 Å². The van der Waals surface area contributed by atoms with Gasteiger partial charge >= 0.3 is 0 Å². The molecule has 72 heavy (non-hydrogen) atoms. The minimum Gasteiger partial charge on any atom is -0.394 e. The minimum absolute atomic E-state index is 0.161. The average molecular weight is 1030 g/mol. The number of nitrogens with one attached hydrogen (secondary N) is 1. The number of allylic oxidation sites excluding steroid dienone is 11. The van der Waals surface area contributed by atoms with Crippen LogP contribution >= 0.6 is 0 Å². The predicted molar refractivity (Wildman–Crippen MR) is 268 cm³/mol. The maximum atomic E-state index is 13.2. The van der Waals surface area contributed by atoms with Gasteiger partial charge in [0.2, 0.25) is 5.91 Å². The molecular formula is C53H89NO18. The van der Waals surface area contributed by atoms with Crippen molar-refractivity contribution in [2.24, 2.45) is 0 Å². The molecule has 3 heterocycles. The number of aliphatic hydroxyl groups excluding tert-OH is 11. The molecule has 3 aliphatic rings. The van der Waals surface area contributed by atoms with Crippen LogP contribution in [0.4, 0.5) is 0 Å². The number of ether oxygens (including phenoxy) is 6. The van der Waals surface area contributed by atoms with Crippen molar-refractivity contribution in [3.8, 4) is 0 Å². The van der Waals surface area contributed by atoms with E-state index in [9.17, 15) is 61.0 Å². The second-order valence-electron chi connectivity index (χ2n) is 18.6. The van der Waals surface area contributed by atoms with Crippen molar-refractivity contribution in [1.29, 1.82) is 0 Å². The zero-order valence-corrected chi connectivity index (χ0v) is 42.4. The summed E-state index contributed by atoms with van der Waals surface area (Å²) in [5.41, 5.74) is 0. The zero-order valence-electron chi connectivity index (χ0n) is 42.4. The first kappa shape index (κ1) is 63.5. The Morgan fingerprint density at radius 3 is 1.49 bits per heavy atom. The van der Waals surface area contributed by atoms with Crippen LogP contribution in [0.5, 0.6) is 0 Å². The van der Waals surface area contributed by atoms with Gasteiger partial charge in [-0.3, -0.25) is 4.79 Å². The first-order valence-corrected chi connectivity index (χ1v) is 26.2. The Bertz CT molecular complexity index is 1610. The fourth-order valence-corrected chi connectivity index (χ4v) is 8.40. The van der Waals surface area contributed by atoms with Gasteiger partial charge in [0, 0.05) is 6.42 Å². The second-order valence-corrected chi connectivity index (χ2v) is 18.6. The molecule has 12 N–H and O–H groups in total. The van der Waals surface area contributed by atoms with E-state index in [1.54, 1.807) is 6.08 Å². The number of rotatable bonds is 35. The highest BCUT2D eigenvalue weighted by Gasteiger charge is 2.53. The predicted octanol–water partition coefficient (Wildman–Crippen LogP) is 2.31. The Labute approximate surface area is 426 Å². The lowest BCUT2D eigenvalue weighted by atomic mass is 9.96. The van der Waals surface area contributed by atoms with Gasteiger partial charge in [0.15, 0.2) is 18.9 Å². The molecule has 0 aromatic rings. The zero-order chi connectivity index (χ0) is 52.7. The van der Waals surface area contributed by atoms with Crippen LogP contribution in [0, 0.1) is 0 Å². The van der Waals surface area contributed by atoms with E-state index in [-0.39, 0.29) is 18.9 Å². The Hall–Kier alpha value is -2.77. The third kappa shape index (κ3) is 22.2. The smallest absolute Gasteiger partial charge is 0.220 e. The molecule has 414 valence electrons. The molecule has 19 nitrogen and oxygen atoms in total. The lowest BCUT2D eigenvalue weighted by Gasteiger charge is -2.48. The molecule has 1 amide bonds. The Morgan fingerprint density at radius 1 is 0.514 bits per heavy atom. The summed E-state index contributed by atoms with van der Waals surface area (Å²) in [6, 6.07) is -1.00. The first-order valence-electron chi connectivity index (χ1n) is 26.2. The summed E-state index contributed by atoms with van der Waals surface area (Å²) in [6.45, 7) is 1.48. The Balaban J connectivity index is 1.57. The third-order valence-corrected chi connectivity index (χ3v) is 12.8. The van der Waals surface area contributed by atoms with Crippen molar-refractivity contribution >= 4 is 5.91 Å². The van der Waals surface area contributed by atoms with Crippen LogP contribution in [0.2, 0.25) is 0 Å². The van der Waals surface area contributed by atoms with Crippen molar-refractivity contribution in [2.75, 3.05) is 26.4 Å². The van der Waals surface area contributed by atoms with Gasteiger partial charge in [-0.1, -0.05) is 132 Å². The molecule has 17 unspecified atom stereocenters. The fraction of sp³-hybridized carbons (Fsp3) is 0.755. The van der Waals surface area contributed by atoms with Crippen molar-refractivity contribution in [3.63, 3.8) is 0 Å². The van der Waals surface area contributed by atoms with Crippen molar-refractivity contribution < 1.29 is 89.4 Å². The van der Waals surface area contributed by atoms with Gasteiger partial charge < -0.3 is 89.9 Å². The molecule has 0 radical (unpaired) electrons. The molecule has 0 aromatic carbocycles. The molecule has 17 atom stereocenters. The van der Waals surface area contributed by atoms with Crippen molar-refractivity contribution in [3.05, 3.63) is 72.9 Å². The highest BCUT2D eigenvalue weighted by atomic mass is 16.8. The first-order chi connectivity index (χ1) is 34.8. The summed E-state index contributed by atoms with van der Waals surface area (Å²) < 4.78 is 34.0. The highest BCUT2D eigenvalue weighted by molar-refractivity contribution is 5.76. The molecule has 0 bridgehead atoms. The van der Waals surface area contributed by atoms with Gasteiger partial charge in [0.1, 0.15) is 73.2 Å². The lowest BCUT2D eigenvalue weighted by Crippen LogP contribution is -2.66. The van der Waals surface area contributed by atoms with Crippen LogP contribution in [0.15, 0.2) is 72.9 Å². The molecule has 3 fully saturated rings. The fourth-order valence-electron chi connectivity index (χ4n) is 8.40. The van der Waals surface area contributed by atoms with E-state index in [1.165, 1.54) is 32.1 Å². The Kier molecular flexibility index (Phi) is 32.7. The number of amides is 1. The Morgan fingerprint density at radius 2 is 0.958 bits per heavy atom. The van der Waals surface area contributed by atoms with E-state index in [2.05, 4.69) is 67.8 Å². The van der Waals surface area contributed by atoms with E-state index in [1.807, 2.05) is 18.2 Å². The van der Waals surface area contributed by atoms with Crippen LogP contribution in [-0.2, 0) is 33.2 Å². The quantitative estimate of drug-likeness (QED) is 0.0320. The molecule has 0 spiro atoms. The summed E-state index contributed by atoms with van der Waals surface area (Å²) in [4.78, 5) is 13.2. The highest BCUT2D eigenvalue weighted by Crippen LogP contribution is 2.33. The van der Waals surface area contributed by atoms with E-state index in [4.69, 9.17) is 28.4 Å². The van der Waals surface area contributed by atoms with Gasteiger partial charge in [-0.25, -0.2) is 0 Å². The number of carbonyl (C=O) groups is 1. The van der Waals surface area contributed by atoms with Gasteiger partial charge in [-0.05, 0) is 57.8 Å². The van der Waals surface area contributed by atoms with E-state index >= 15 is 0 Å². The normalized spacial score (nSPS) is 32.6. The number of hydrogen-bond acceptors (Lipinski definition) is 18. The molecule has 3 saturated heterocycles. The SMILES string of the molecule is CC/C=C\C/C=C\C/C=C\C/C=C\C/C=C\CCCC(=O)NC(COC1OC(CO)C(OC2OC(CO)C(OC3OC(CO)C(O)C(O)C3O)C(O)C2O)C(O)C1O)C(O)/C=C/CCCCCCCCCC. The van der Waals surface area contributed by atoms with E-state index < -0.39 is 124 Å². The molecule has 3 rings (SSSR count). The molecule has 0 aromatic heterocycles. The van der Waals surface area contributed by atoms with E-state index in [0.717, 1.165) is 57.8 Å². The number of hydrogen-bond donors (Lipinski definition) is 12. The summed E-state index contributed by atoms with van der Waals surface area (Å²) in [5.74, 6) is -0.339.